The Morgan fingerprint density at radius 2 is 2.16 bits per heavy atom. The summed E-state index contributed by atoms with van der Waals surface area (Å²) in [6, 6.07) is -0.0667. The minimum absolute atomic E-state index is 0.0667. The molecule has 0 amide bonds. The molecule has 0 bridgehead atoms. The van der Waals surface area contributed by atoms with Gasteiger partial charge in [0.2, 0.25) is 5.92 Å². The number of hydrogen-bond acceptors (Lipinski definition) is 5. The van der Waals surface area contributed by atoms with E-state index in [0.29, 0.717) is 35.7 Å². The lowest BCUT2D eigenvalue weighted by molar-refractivity contribution is -0.0361. The van der Waals surface area contributed by atoms with Crippen molar-refractivity contribution in [3.8, 4) is 0 Å². The molecule has 0 spiro atoms. The van der Waals surface area contributed by atoms with E-state index in [-0.39, 0.29) is 18.9 Å². The molecule has 7 heteroatoms. The van der Waals surface area contributed by atoms with Gasteiger partial charge in [0.05, 0.1) is 5.56 Å². The normalized spacial score (nSPS) is 19.1. The summed E-state index contributed by atoms with van der Waals surface area (Å²) in [7, 11) is 0. The Kier molecular flexibility index (Phi) is 4.34. The van der Waals surface area contributed by atoms with E-state index in [1.54, 1.807) is 0 Å². The average molecular weight is 287 g/mol. The second kappa shape index (κ2) is 5.81. The minimum atomic E-state index is -2.55. The number of aldehydes is 1. The molecular weight excluding hydrogens is 272 g/mol. The van der Waals surface area contributed by atoms with Gasteiger partial charge < -0.3 is 5.32 Å². The number of halogens is 2. The monoisotopic (exact) mass is 287 g/mol. The summed E-state index contributed by atoms with van der Waals surface area (Å²) >= 11 is 1.37. The van der Waals surface area contributed by atoms with Crippen LogP contribution < -0.4 is 5.32 Å². The zero-order valence-electron chi connectivity index (χ0n) is 10.5. The molecule has 0 unspecified atom stereocenters. The van der Waals surface area contributed by atoms with Crippen molar-refractivity contribution in [2.75, 3.05) is 11.6 Å². The Balaban J connectivity index is 2.08. The number of aromatic nitrogens is 2. The van der Waals surface area contributed by atoms with Crippen molar-refractivity contribution < 1.29 is 13.6 Å². The number of nitrogens with zero attached hydrogens (tertiary/aromatic N) is 2. The molecule has 1 aliphatic carbocycles. The Bertz CT molecular complexity index is 460. The SMILES string of the molecule is CSc1ncc(C=O)c(NC2CCC(F)(F)CC2)n1. The third-order valence-corrected chi connectivity index (χ3v) is 3.72. The smallest absolute Gasteiger partial charge is 0.248 e. The van der Waals surface area contributed by atoms with Crippen molar-refractivity contribution in [1.82, 2.24) is 9.97 Å². The zero-order chi connectivity index (χ0) is 13.9. The van der Waals surface area contributed by atoms with Crippen molar-refractivity contribution in [3.05, 3.63) is 11.8 Å². The van der Waals surface area contributed by atoms with Crippen LogP contribution in [0, 0.1) is 0 Å². The molecule has 2 rings (SSSR count). The summed E-state index contributed by atoms with van der Waals surface area (Å²) in [4.78, 5) is 19.1. The Morgan fingerprint density at radius 3 is 2.74 bits per heavy atom. The molecule has 1 saturated carbocycles. The van der Waals surface area contributed by atoms with Crippen LogP contribution in [0.3, 0.4) is 0 Å². The molecule has 0 aromatic carbocycles. The van der Waals surface area contributed by atoms with Crippen LogP contribution in [0.5, 0.6) is 0 Å². The van der Waals surface area contributed by atoms with E-state index in [0.717, 1.165) is 0 Å². The quantitative estimate of drug-likeness (QED) is 0.524. The maximum Gasteiger partial charge on any atom is 0.248 e. The van der Waals surface area contributed by atoms with Crippen LogP contribution in [-0.4, -0.2) is 34.5 Å². The van der Waals surface area contributed by atoms with Crippen molar-refractivity contribution >= 4 is 23.9 Å². The van der Waals surface area contributed by atoms with Gasteiger partial charge in [-0.25, -0.2) is 18.7 Å². The predicted octanol–water partition coefficient (Wildman–Crippen LogP) is 3.00. The highest BCUT2D eigenvalue weighted by molar-refractivity contribution is 7.98. The lowest BCUT2D eigenvalue weighted by Gasteiger charge is -2.29. The summed E-state index contributed by atoms with van der Waals surface area (Å²) in [6.07, 6.45) is 4.47. The maximum atomic E-state index is 13.1. The molecule has 19 heavy (non-hydrogen) atoms. The predicted molar refractivity (Wildman–Crippen MR) is 70.0 cm³/mol. The van der Waals surface area contributed by atoms with Crippen LogP contribution in [0.4, 0.5) is 14.6 Å². The number of hydrogen-bond donors (Lipinski definition) is 1. The first-order valence-electron chi connectivity index (χ1n) is 6.04. The molecule has 1 aromatic rings. The average Bonchev–Trinajstić information content (AvgIpc) is 2.41. The van der Waals surface area contributed by atoms with E-state index in [4.69, 9.17) is 0 Å². The molecule has 4 nitrogen and oxygen atoms in total. The zero-order valence-corrected chi connectivity index (χ0v) is 11.3. The maximum absolute atomic E-state index is 13.1. The van der Waals surface area contributed by atoms with Crippen LogP contribution in [-0.2, 0) is 0 Å². The van der Waals surface area contributed by atoms with Gasteiger partial charge >= 0.3 is 0 Å². The van der Waals surface area contributed by atoms with Gasteiger partial charge in [-0.15, -0.1) is 0 Å². The number of nitrogens with one attached hydrogen (secondary N) is 1. The van der Waals surface area contributed by atoms with Crippen molar-refractivity contribution in [2.45, 2.75) is 42.8 Å². The summed E-state index contributed by atoms with van der Waals surface area (Å²) in [6.45, 7) is 0. The fourth-order valence-electron chi connectivity index (χ4n) is 2.05. The molecule has 104 valence electrons. The minimum Gasteiger partial charge on any atom is -0.367 e. The number of thioether (sulfide) groups is 1. The number of carbonyl (C=O) groups excluding carboxylic acids is 1. The molecule has 1 aliphatic rings. The summed E-state index contributed by atoms with van der Waals surface area (Å²) in [5.74, 6) is -2.12. The van der Waals surface area contributed by atoms with E-state index < -0.39 is 5.92 Å². The highest BCUT2D eigenvalue weighted by atomic mass is 32.2. The molecule has 1 N–H and O–H groups in total. The summed E-state index contributed by atoms with van der Waals surface area (Å²) < 4.78 is 26.1. The first-order chi connectivity index (χ1) is 9.04. The standard InChI is InChI=1S/C12H15F2N3OS/c1-19-11-15-6-8(7-18)10(17-11)16-9-2-4-12(13,14)5-3-9/h6-7,9H,2-5H2,1H3,(H,15,16,17). The third kappa shape index (κ3) is 3.62. The van der Waals surface area contributed by atoms with Crippen molar-refractivity contribution in [3.63, 3.8) is 0 Å². The van der Waals surface area contributed by atoms with Crippen LogP contribution in [0.25, 0.3) is 0 Å². The van der Waals surface area contributed by atoms with Gasteiger partial charge in [0.25, 0.3) is 0 Å². The van der Waals surface area contributed by atoms with Gasteiger partial charge in [-0.2, -0.15) is 0 Å². The van der Waals surface area contributed by atoms with Gasteiger partial charge in [0.15, 0.2) is 11.4 Å². The number of anilines is 1. The lowest BCUT2D eigenvalue weighted by atomic mass is 9.92. The molecule has 0 atom stereocenters. The molecule has 1 aromatic heterocycles. The fourth-order valence-corrected chi connectivity index (χ4v) is 2.39. The molecular formula is C12H15F2N3OS. The molecule has 0 saturated heterocycles. The fraction of sp³-hybridized carbons (Fsp3) is 0.583. The summed E-state index contributed by atoms with van der Waals surface area (Å²) in [5, 5.41) is 3.63. The number of alkyl halides is 2. The van der Waals surface area contributed by atoms with E-state index >= 15 is 0 Å². The van der Waals surface area contributed by atoms with Gasteiger partial charge in [0, 0.05) is 25.1 Å². The highest BCUT2D eigenvalue weighted by Crippen LogP contribution is 2.34. The number of rotatable bonds is 4. The van der Waals surface area contributed by atoms with E-state index in [9.17, 15) is 13.6 Å². The second-order valence-corrected chi connectivity index (χ2v) is 5.33. The van der Waals surface area contributed by atoms with Gasteiger partial charge in [0.1, 0.15) is 5.82 Å². The van der Waals surface area contributed by atoms with E-state index in [1.165, 1.54) is 18.0 Å². The Hall–Kier alpha value is -1.24. The molecule has 1 fully saturated rings. The van der Waals surface area contributed by atoms with Crippen LogP contribution in [0.15, 0.2) is 11.4 Å². The lowest BCUT2D eigenvalue weighted by Crippen LogP contribution is -2.32. The first-order valence-corrected chi connectivity index (χ1v) is 7.27. The van der Waals surface area contributed by atoms with E-state index in [2.05, 4.69) is 15.3 Å². The largest absolute Gasteiger partial charge is 0.367 e. The van der Waals surface area contributed by atoms with Crippen LogP contribution >= 0.6 is 11.8 Å². The highest BCUT2D eigenvalue weighted by Gasteiger charge is 2.35. The van der Waals surface area contributed by atoms with Gasteiger partial charge in [-0.05, 0) is 19.1 Å². The topological polar surface area (TPSA) is 54.9 Å². The second-order valence-electron chi connectivity index (χ2n) is 4.55. The number of carbonyl (C=O) groups is 1. The van der Waals surface area contributed by atoms with Crippen molar-refractivity contribution in [2.24, 2.45) is 0 Å². The Morgan fingerprint density at radius 1 is 1.47 bits per heavy atom. The van der Waals surface area contributed by atoms with Crippen LogP contribution in [0.1, 0.15) is 36.0 Å². The van der Waals surface area contributed by atoms with Crippen LogP contribution in [0.2, 0.25) is 0 Å². The third-order valence-electron chi connectivity index (χ3n) is 3.16. The van der Waals surface area contributed by atoms with Gasteiger partial charge in [-0.3, -0.25) is 4.79 Å². The van der Waals surface area contributed by atoms with E-state index in [1.807, 2.05) is 6.26 Å². The van der Waals surface area contributed by atoms with Crippen molar-refractivity contribution in [1.29, 1.82) is 0 Å². The molecule has 0 aliphatic heterocycles. The Labute approximate surface area is 114 Å². The summed E-state index contributed by atoms with van der Waals surface area (Å²) in [5.41, 5.74) is 0.357. The molecule has 0 radical (unpaired) electrons. The first kappa shape index (κ1) is 14.2. The van der Waals surface area contributed by atoms with Gasteiger partial charge in [-0.1, -0.05) is 11.8 Å². The molecule has 1 heterocycles.